The molecular weight excluding hydrogens is 289 g/mol. The van der Waals surface area contributed by atoms with Crippen LogP contribution in [0.25, 0.3) is 0 Å². The van der Waals surface area contributed by atoms with Crippen molar-refractivity contribution in [3.63, 3.8) is 0 Å². The quantitative estimate of drug-likeness (QED) is 0.945. The van der Waals surface area contributed by atoms with Crippen molar-refractivity contribution < 1.29 is 23.8 Å². The number of benzene rings is 2. The molecule has 1 aliphatic heterocycles. The van der Waals surface area contributed by atoms with Crippen LogP contribution in [-0.2, 0) is 11.3 Å². The lowest BCUT2D eigenvalue weighted by Gasteiger charge is -2.29. The molecule has 0 spiro atoms. The topological polar surface area (TPSA) is 66.8 Å². The second-order valence-corrected chi connectivity index (χ2v) is 4.88. The molecule has 3 rings (SSSR count). The van der Waals surface area contributed by atoms with Gasteiger partial charge < -0.3 is 14.7 Å². The van der Waals surface area contributed by atoms with Gasteiger partial charge in [0.05, 0.1) is 17.8 Å². The van der Waals surface area contributed by atoms with Crippen molar-refractivity contribution in [1.29, 1.82) is 0 Å². The number of carboxylic acid groups (broad SMARTS) is 1. The fraction of sp³-hybridized carbons (Fsp3) is 0.125. The molecule has 1 N–H and O–H groups in total. The fourth-order valence-electron chi connectivity index (χ4n) is 2.28. The van der Waals surface area contributed by atoms with Crippen LogP contribution < -0.4 is 9.64 Å². The molecule has 5 nitrogen and oxygen atoms in total. The Kier molecular flexibility index (Phi) is 3.50. The van der Waals surface area contributed by atoms with Crippen molar-refractivity contribution in [2.75, 3.05) is 11.5 Å². The van der Waals surface area contributed by atoms with Crippen molar-refractivity contribution in [3.8, 4) is 5.75 Å². The zero-order valence-corrected chi connectivity index (χ0v) is 11.5. The summed E-state index contributed by atoms with van der Waals surface area (Å²) in [4.78, 5) is 24.5. The molecule has 0 aliphatic carbocycles. The number of nitrogens with zero attached hydrogens (tertiary/aromatic N) is 1. The lowest BCUT2D eigenvalue weighted by atomic mass is 10.1. The van der Waals surface area contributed by atoms with Crippen molar-refractivity contribution >= 4 is 17.6 Å². The van der Waals surface area contributed by atoms with Crippen molar-refractivity contribution in [3.05, 3.63) is 59.4 Å². The molecule has 0 aromatic heterocycles. The van der Waals surface area contributed by atoms with E-state index in [1.165, 1.54) is 29.2 Å². The summed E-state index contributed by atoms with van der Waals surface area (Å²) >= 11 is 0. The van der Waals surface area contributed by atoms with Gasteiger partial charge in [-0.05, 0) is 35.9 Å². The van der Waals surface area contributed by atoms with Crippen LogP contribution in [0.15, 0.2) is 42.5 Å². The third-order valence-corrected chi connectivity index (χ3v) is 3.40. The van der Waals surface area contributed by atoms with Gasteiger partial charge in [0, 0.05) is 0 Å². The molecule has 0 saturated carbocycles. The largest absolute Gasteiger partial charge is 0.482 e. The van der Waals surface area contributed by atoms with Gasteiger partial charge >= 0.3 is 5.97 Å². The molecule has 0 unspecified atom stereocenters. The minimum atomic E-state index is -1.06. The van der Waals surface area contributed by atoms with Crippen LogP contribution in [0.1, 0.15) is 15.9 Å². The van der Waals surface area contributed by atoms with Gasteiger partial charge in [-0.3, -0.25) is 4.79 Å². The molecule has 0 bridgehead atoms. The molecule has 1 heterocycles. The fourth-order valence-corrected chi connectivity index (χ4v) is 2.28. The Labute approximate surface area is 125 Å². The highest BCUT2D eigenvalue weighted by molar-refractivity contribution is 5.99. The van der Waals surface area contributed by atoms with Gasteiger partial charge in [-0.2, -0.15) is 0 Å². The Hall–Kier alpha value is -2.89. The number of carbonyl (C=O) groups excluding carboxylic acids is 1. The maximum Gasteiger partial charge on any atom is 0.335 e. The summed E-state index contributed by atoms with van der Waals surface area (Å²) in [5.41, 5.74) is 1.37. The number of anilines is 1. The molecule has 0 atom stereocenters. The zero-order valence-electron chi connectivity index (χ0n) is 11.5. The van der Waals surface area contributed by atoms with Gasteiger partial charge in [0.1, 0.15) is 11.6 Å². The van der Waals surface area contributed by atoms with Gasteiger partial charge in [-0.1, -0.05) is 12.1 Å². The maximum atomic E-state index is 12.9. The predicted molar refractivity (Wildman–Crippen MR) is 76.5 cm³/mol. The van der Waals surface area contributed by atoms with E-state index in [9.17, 15) is 14.0 Å². The monoisotopic (exact) mass is 301 g/mol. The van der Waals surface area contributed by atoms with Crippen LogP contribution in [0, 0.1) is 5.82 Å². The Morgan fingerprint density at radius 2 is 1.95 bits per heavy atom. The molecule has 6 heteroatoms. The molecule has 0 radical (unpaired) electrons. The molecule has 1 aliphatic rings. The average Bonchev–Trinajstić information content (AvgIpc) is 2.51. The molecule has 112 valence electrons. The third kappa shape index (κ3) is 2.63. The van der Waals surface area contributed by atoms with Crippen molar-refractivity contribution in [1.82, 2.24) is 0 Å². The number of ether oxygens (including phenoxy) is 1. The Balaban J connectivity index is 1.93. The molecule has 0 saturated heterocycles. The van der Waals surface area contributed by atoms with Gasteiger partial charge in [-0.15, -0.1) is 0 Å². The second-order valence-electron chi connectivity index (χ2n) is 4.88. The summed E-state index contributed by atoms with van der Waals surface area (Å²) in [5.74, 6) is -1.29. The van der Waals surface area contributed by atoms with Crippen LogP contribution in [-0.4, -0.2) is 23.6 Å². The lowest BCUT2D eigenvalue weighted by Crippen LogP contribution is -2.38. The number of halogens is 1. The number of carboxylic acids is 1. The smallest absolute Gasteiger partial charge is 0.335 e. The number of amides is 1. The Bertz CT molecular complexity index is 742. The number of fused-ring (bicyclic) bond motifs is 1. The van der Waals surface area contributed by atoms with Gasteiger partial charge in [0.25, 0.3) is 5.91 Å². The first-order valence-corrected chi connectivity index (χ1v) is 6.59. The summed E-state index contributed by atoms with van der Waals surface area (Å²) in [6.07, 6.45) is 0. The first kappa shape index (κ1) is 14.1. The normalized spacial score (nSPS) is 13.5. The number of hydrogen-bond donors (Lipinski definition) is 1. The van der Waals surface area contributed by atoms with E-state index in [1.807, 2.05) is 0 Å². The zero-order chi connectivity index (χ0) is 15.7. The van der Waals surface area contributed by atoms with Gasteiger partial charge in [-0.25, -0.2) is 9.18 Å². The van der Waals surface area contributed by atoms with E-state index in [0.29, 0.717) is 11.4 Å². The van der Waals surface area contributed by atoms with Crippen LogP contribution in [0.3, 0.4) is 0 Å². The summed E-state index contributed by atoms with van der Waals surface area (Å²) < 4.78 is 18.2. The Morgan fingerprint density at radius 1 is 1.23 bits per heavy atom. The van der Waals surface area contributed by atoms with Gasteiger partial charge in [0.15, 0.2) is 6.61 Å². The number of carbonyl (C=O) groups is 2. The van der Waals surface area contributed by atoms with E-state index in [1.54, 1.807) is 18.2 Å². The number of rotatable bonds is 3. The van der Waals surface area contributed by atoms with E-state index in [-0.39, 0.29) is 30.4 Å². The van der Waals surface area contributed by atoms with E-state index in [2.05, 4.69) is 0 Å². The summed E-state index contributed by atoms with van der Waals surface area (Å²) in [7, 11) is 0. The van der Waals surface area contributed by atoms with Gasteiger partial charge in [0.2, 0.25) is 0 Å². The highest BCUT2D eigenvalue weighted by Crippen LogP contribution is 2.34. The summed E-state index contributed by atoms with van der Waals surface area (Å²) in [6, 6.07) is 10.2. The number of hydrogen-bond acceptors (Lipinski definition) is 3. The highest BCUT2D eigenvalue weighted by atomic mass is 19.1. The van der Waals surface area contributed by atoms with E-state index < -0.39 is 5.97 Å². The average molecular weight is 301 g/mol. The SMILES string of the molecule is O=C(O)c1ccc2c(c1)OCC(=O)N2Cc1ccc(F)cc1. The molecule has 2 aromatic rings. The first-order chi connectivity index (χ1) is 10.5. The van der Waals surface area contributed by atoms with E-state index in [0.717, 1.165) is 5.56 Å². The molecule has 0 fully saturated rings. The van der Waals surface area contributed by atoms with Crippen LogP contribution in [0.4, 0.5) is 10.1 Å². The standard InChI is InChI=1S/C16H12FNO4/c17-12-4-1-10(2-5-12)8-18-13-6-3-11(16(20)21)7-14(13)22-9-15(18)19/h1-7H,8-9H2,(H,20,21). The lowest BCUT2D eigenvalue weighted by molar-refractivity contribution is -0.121. The summed E-state index contributed by atoms with van der Waals surface area (Å²) in [5, 5.41) is 8.99. The summed E-state index contributed by atoms with van der Waals surface area (Å²) in [6.45, 7) is 0.110. The minimum absolute atomic E-state index is 0.0924. The second kappa shape index (κ2) is 5.48. The van der Waals surface area contributed by atoms with E-state index >= 15 is 0 Å². The molecule has 22 heavy (non-hydrogen) atoms. The molecule has 1 amide bonds. The van der Waals surface area contributed by atoms with Crippen LogP contribution in [0.2, 0.25) is 0 Å². The van der Waals surface area contributed by atoms with E-state index in [4.69, 9.17) is 9.84 Å². The van der Waals surface area contributed by atoms with Crippen molar-refractivity contribution in [2.24, 2.45) is 0 Å². The predicted octanol–water partition coefficient (Wildman–Crippen LogP) is 2.45. The molecular formula is C16H12FNO4. The van der Waals surface area contributed by atoms with Crippen LogP contribution in [0.5, 0.6) is 5.75 Å². The molecule has 2 aromatic carbocycles. The van der Waals surface area contributed by atoms with Crippen molar-refractivity contribution in [2.45, 2.75) is 6.54 Å². The third-order valence-electron chi connectivity index (χ3n) is 3.40. The number of aromatic carboxylic acids is 1. The Morgan fingerprint density at radius 3 is 2.64 bits per heavy atom. The minimum Gasteiger partial charge on any atom is -0.482 e. The van der Waals surface area contributed by atoms with Crippen LogP contribution >= 0.6 is 0 Å². The highest BCUT2D eigenvalue weighted by Gasteiger charge is 2.26. The maximum absolute atomic E-state index is 12.9. The first-order valence-electron chi connectivity index (χ1n) is 6.59.